The average molecular weight is 401 g/mol. The van der Waals surface area contributed by atoms with Gasteiger partial charge in [-0.15, -0.1) is 0 Å². The maximum Gasteiger partial charge on any atom is 0.347 e. The van der Waals surface area contributed by atoms with Gasteiger partial charge in [0.05, 0.1) is 0 Å². The molecule has 0 heterocycles. The number of esters is 1. The number of rotatable bonds is 8. The van der Waals surface area contributed by atoms with E-state index < -0.39 is 24.0 Å². The topological polar surface area (TPSA) is 81.7 Å². The number of hydrogen-bond acceptors (Lipinski definition) is 5. The minimum atomic E-state index is -1.02. The minimum absolute atomic E-state index is 0.124. The van der Waals surface area contributed by atoms with Gasteiger partial charge < -0.3 is 14.8 Å². The Bertz CT molecular complexity index is 862. The van der Waals surface area contributed by atoms with E-state index in [0.29, 0.717) is 17.0 Å². The number of ketones is 1. The third-order valence-electron chi connectivity index (χ3n) is 4.08. The molecule has 0 aromatic heterocycles. The molecule has 1 N–H and O–H groups in total. The zero-order chi connectivity index (χ0) is 21.6. The largest absolute Gasteiger partial charge is 0.479 e. The number of halogens is 1. The van der Waals surface area contributed by atoms with E-state index in [1.807, 2.05) is 0 Å². The van der Waals surface area contributed by atoms with E-state index in [-0.39, 0.29) is 17.6 Å². The van der Waals surface area contributed by atoms with Gasteiger partial charge in [-0.3, -0.25) is 9.59 Å². The number of carbonyl (C=O) groups is 3. The molecule has 0 unspecified atom stereocenters. The van der Waals surface area contributed by atoms with Gasteiger partial charge in [0, 0.05) is 17.2 Å². The first-order valence-electron chi connectivity index (χ1n) is 9.25. The molecule has 0 saturated carbocycles. The normalized spacial score (nSPS) is 12.8. The van der Waals surface area contributed by atoms with Crippen molar-refractivity contribution in [3.63, 3.8) is 0 Å². The molecule has 0 radical (unpaired) electrons. The van der Waals surface area contributed by atoms with Gasteiger partial charge in [-0.1, -0.05) is 13.8 Å². The SMILES string of the molecule is CC(C)C(=O)Nc1ccc(C(=O)[C@H](C)OC(=O)[C@H](C)Oc2ccc(F)cc2)cc1. The lowest BCUT2D eigenvalue weighted by Crippen LogP contribution is -2.32. The van der Waals surface area contributed by atoms with Crippen molar-refractivity contribution < 1.29 is 28.2 Å². The quantitative estimate of drug-likeness (QED) is 0.534. The molecule has 0 bridgehead atoms. The van der Waals surface area contributed by atoms with Crippen LogP contribution in [-0.4, -0.2) is 29.9 Å². The van der Waals surface area contributed by atoms with Crippen molar-refractivity contribution in [3.05, 3.63) is 59.9 Å². The van der Waals surface area contributed by atoms with Crippen molar-refractivity contribution >= 4 is 23.3 Å². The number of benzene rings is 2. The van der Waals surface area contributed by atoms with Crippen LogP contribution in [0.5, 0.6) is 5.75 Å². The van der Waals surface area contributed by atoms with E-state index in [1.165, 1.54) is 38.1 Å². The lowest BCUT2D eigenvalue weighted by atomic mass is 10.1. The fourth-order valence-electron chi connectivity index (χ4n) is 2.33. The third kappa shape index (κ3) is 6.41. The molecule has 0 fully saturated rings. The Morgan fingerprint density at radius 2 is 1.45 bits per heavy atom. The third-order valence-corrected chi connectivity index (χ3v) is 4.08. The van der Waals surface area contributed by atoms with Gasteiger partial charge in [0.15, 0.2) is 12.2 Å². The Hall–Kier alpha value is -3.22. The molecule has 2 aromatic carbocycles. The van der Waals surface area contributed by atoms with Crippen molar-refractivity contribution in [2.75, 3.05) is 5.32 Å². The molecular formula is C22H24FNO5. The number of amides is 1. The zero-order valence-electron chi connectivity index (χ0n) is 16.8. The molecule has 0 aliphatic heterocycles. The van der Waals surface area contributed by atoms with Crippen molar-refractivity contribution in [2.24, 2.45) is 5.92 Å². The first kappa shape index (κ1) is 22.1. The van der Waals surface area contributed by atoms with Gasteiger partial charge in [0.1, 0.15) is 11.6 Å². The zero-order valence-corrected chi connectivity index (χ0v) is 16.8. The molecule has 154 valence electrons. The predicted octanol–water partition coefficient (Wildman–Crippen LogP) is 4.00. The summed E-state index contributed by atoms with van der Waals surface area (Å²) in [6, 6.07) is 11.6. The molecule has 0 spiro atoms. The van der Waals surface area contributed by atoms with Crippen LogP contribution in [0.4, 0.5) is 10.1 Å². The Morgan fingerprint density at radius 3 is 2.00 bits per heavy atom. The summed E-state index contributed by atoms with van der Waals surface area (Å²) in [4.78, 5) is 36.4. The fourth-order valence-corrected chi connectivity index (χ4v) is 2.33. The highest BCUT2D eigenvalue weighted by molar-refractivity contribution is 6.01. The van der Waals surface area contributed by atoms with Crippen molar-refractivity contribution in [3.8, 4) is 5.75 Å². The van der Waals surface area contributed by atoms with Crippen LogP contribution in [0.1, 0.15) is 38.1 Å². The van der Waals surface area contributed by atoms with E-state index in [4.69, 9.17) is 9.47 Å². The van der Waals surface area contributed by atoms with Gasteiger partial charge in [0.2, 0.25) is 11.7 Å². The molecule has 2 atom stereocenters. The van der Waals surface area contributed by atoms with E-state index >= 15 is 0 Å². The Balaban J connectivity index is 1.92. The summed E-state index contributed by atoms with van der Waals surface area (Å²) in [6.45, 7) is 6.52. The summed E-state index contributed by atoms with van der Waals surface area (Å²) in [5.74, 6) is -1.48. The second-order valence-corrected chi connectivity index (χ2v) is 6.88. The maximum absolute atomic E-state index is 12.9. The van der Waals surface area contributed by atoms with E-state index in [1.54, 1.807) is 38.1 Å². The molecule has 1 amide bonds. The summed E-state index contributed by atoms with van der Waals surface area (Å²) in [7, 11) is 0. The van der Waals surface area contributed by atoms with Gasteiger partial charge >= 0.3 is 5.97 Å². The van der Waals surface area contributed by atoms with Crippen LogP contribution < -0.4 is 10.1 Å². The van der Waals surface area contributed by atoms with Crippen LogP contribution in [0.15, 0.2) is 48.5 Å². The standard InChI is InChI=1S/C22H24FNO5/c1-13(2)21(26)24-18-9-5-16(6-10-18)20(25)14(3)29-22(27)15(4)28-19-11-7-17(23)8-12-19/h5-15H,1-4H3,(H,24,26)/t14-,15-/m0/s1. The summed E-state index contributed by atoms with van der Waals surface area (Å²) < 4.78 is 23.5. The van der Waals surface area contributed by atoms with Gasteiger partial charge in [0.25, 0.3) is 0 Å². The first-order chi connectivity index (χ1) is 13.7. The van der Waals surface area contributed by atoms with E-state index in [9.17, 15) is 18.8 Å². The van der Waals surface area contributed by atoms with Gasteiger partial charge in [-0.2, -0.15) is 0 Å². The molecule has 2 aromatic rings. The lowest BCUT2D eigenvalue weighted by Gasteiger charge is -2.17. The van der Waals surface area contributed by atoms with Gasteiger partial charge in [-0.05, 0) is 62.4 Å². The smallest absolute Gasteiger partial charge is 0.347 e. The van der Waals surface area contributed by atoms with Crippen molar-refractivity contribution in [1.82, 2.24) is 0 Å². The van der Waals surface area contributed by atoms with Crippen LogP contribution in [0.25, 0.3) is 0 Å². The van der Waals surface area contributed by atoms with Crippen LogP contribution >= 0.6 is 0 Å². The van der Waals surface area contributed by atoms with Crippen LogP contribution in [0, 0.1) is 11.7 Å². The Morgan fingerprint density at radius 1 is 0.862 bits per heavy atom. The number of nitrogens with one attached hydrogen (secondary N) is 1. The number of hydrogen-bond donors (Lipinski definition) is 1. The Labute approximate surface area is 169 Å². The summed E-state index contributed by atoms with van der Waals surface area (Å²) in [5, 5.41) is 2.73. The number of Topliss-reactive ketones (excluding diaryl/α,β-unsaturated/α-hetero) is 1. The van der Waals surface area contributed by atoms with Crippen LogP contribution in [0.2, 0.25) is 0 Å². The molecule has 29 heavy (non-hydrogen) atoms. The fraction of sp³-hybridized carbons (Fsp3) is 0.318. The molecule has 0 aliphatic carbocycles. The minimum Gasteiger partial charge on any atom is -0.479 e. The highest BCUT2D eigenvalue weighted by Crippen LogP contribution is 2.16. The number of anilines is 1. The van der Waals surface area contributed by atoms with Crippen molar-refractivity contribution in [1.29, 1.82) is 0 Å². The van der Waals surface area contributed by atoms with E-state index in [0.717, 1.165) is 0 Å². The highest BCUT2D eigenvalue weighted by Gasteiger charge is 2.24. The number of carbonyl (C=O) groups excluding carboxylic acids is 3. The lowest BCUT2D eigenvalue weighted by molar-refractivity contribution is -0.153. The van der Waals surface area contributed by atoms with E-state index in [2.05, 4.69) is 5.32 Å². The van der Waals surface area contributed by atoms with Crippen LogP contribution in [0.3, 0.4) is 0 Å². The summed E-state index contributed by atoms with van der Waals surface area (Å²) in [6.07, 6.45) is -1.98. The monoisotopic (exact) mass is 401 g/mol. The molecule has 0 aliphatic rings. The Kier molecular flexibility index (Phi) is 7.47. The summed E-state index contributed by atoms with van der Waals surface area (Å²) in [5.41, 5.74) is 0.922. The molecular weight excluding hydrogens is 377 g/mol. The first-order valence-corrected chi connectivity index (χ1v) is 9.25. The number of ether oxygens (including phenoxy) is 2. The van der Waals surface area contributed by atoms with Gasteiger partial charge in [-0.25, -0.2) is 9.18 Å². The highest BCUT2D eigenvalue weighted by atomic mass is 19.1. The second-order valence-electron chi connectivity index (χ2n) is 6.88. The molecule has 6 nitrogen and oxygen atoms in total. The predicted molar refractivity (Wildman–Crippen MR) is 106 cm³/mol. The molecule has 2 rings (SSSR count). The molecule has 0 saturated heterocycles. The molecule has 7 heteroatoms. The van der Waals surface area contributed by atoms with Crippen LogP contribution in [-0.2, 0) is 14.3 Å². The average Bonchev–Trinajstić information content (AvgIpc) is 2.69. The second kappa shape index (κ2) is 9.82. The van der Waals surface area contributed by atoms with Crippen molar-refractivity contribution in [2.45, 2.75) is 39.9 Å². The summed E-state index contributed by atoms with van der Waals surface area (Å²) >= 11 is 0. The maximum atomic E-state index is 12.9.